The van der Waals surface area contributed by atoms with E-state index in [4.69, 9.17) is 0 Å². The third-order valence-corrected chi connectivity index (χ3v) is 3.33. The summed E-state index contributed by atoms with van der Waals surface area (Å²) in [6.07, 6.45) is 3.10. The lowest BCUT2D eigenvalue weighted by Gasteiger charge is -2.08. The third-order valence-electron chi connectivity index (χ3n) is 2.86. The molecule has 0 radical (unpaired) electrons. The van der Waals surface area contributed by atoms with Gasteiger partial charge in [0.2, 0.25) is 5.43 Å². The number of hydrogen-bond acceptors (Lipinski definition) is 3. The zero-order chi connectivity index (χ0) is 13.2. The molecule has 2 aromatic heterocycles. The van der Waals surface area contributed by atoms with Gasteiger partial charge in [0.05, 0.1) is 24.0 Å². The average molecular weight is 316 g/mol. The summed E-state index contributed by atoms with van der Waals surface area (Å²) in [5, 5.41) is 4.85. The number of rotatable bonds is 2. The number of aromatic nitrogens is 3. The Bertz CT molecular complexity index is 781. The molecule has 0 unspecified atom stereocenters. The van der Waals surface area contributed by atoms with E-state index in [0.717, 1.165) is 15.7 Å². The van der Waals surface area contributed by atoms with Gasteiger partial charge in [-0.2, -0.15) is 5.10 Å². The second-order valence-electron chi connectivity index (χ2n) is 4.15. The fourth-order valence-corrected chi connectivity index (χ4v) is 2.17. The highest BCUT2D eigenvalue weighted by atomic mass is 79.9. The number of hydrogen-bond donors (Lipinski definition) is 0. The van der Waals surface area contributed by atoms with Gasteiger partial charge in [-0.3, -0.25) is 14.5 Å². The molecule has 3 rings (SSSR count). The molecule has 4 nitrogen and oxygen atoms in total. The molecule has 0 spiro atoms. The molecule has 0 atom stereocenters. The van der Waals surface area contributed by atoms with E-state index in [1.807, 2.05) is 36.4 Å². The summed E-state index contributed by atoms with van der Waals surface area (Å²) < 4.78 is 2.72. The van der Waals surface area contributed by atoms with Gasteiger partial charge in [-0.25, -0.2) is 0 Å². The van der Waals surface area contributed by atoms with Gasteiger partial charge in [0.1, 0.15) is 0 Å². The Morgan fingerprint density at radius 3 is 2.74 bits per heavy atom. The van der Waals surface area contributed by atoms with Crippen molar-refractivity contribution in [2.24, 2.45) is 0 Å². The summed E-state index contributed by atoms with van der Waals surface area (Å²) in [5.41, 5.74) is 1.65. The number of para-hydroxylation sites is 1. The Morgan fingerprint density at radius 1 is 1.11 bits per heavy atom. The summed E-state index contributed by atoms with van der Waals surface area (Å²) >= 11 is 3.35. The van der Waals surface area contributed by atoms with E-state index in [1.54, 1.807) is 10.9 Å². The van der Waals surface area contributed by atoms with Gasteiger partial charge in [-0.1, -0.05) is 12.1 Å². The van der Waals surface area contributed by atoms with Crippen LogP contribution in [0.5, 0.6) is 0 Å². The summed E-state index contributed by atoms with van der Waals surface area (Å²) in [6, 6.07) is 11.3. The molecular formula is C14H10BrN3O. The van der Waals surface area contributed by atoms with Crippen LogP contribution in [0.15, 0.2) is 58.1 Å². The standard InChI is InChI=1S/C14H10BrN3O/c15-10-5-6-11(16-7-10)9-18-13-4-2-1-3-12(13)14(19)8-17-18/h1-8H,9H2. The van der Waals surface area contributed by atoms with Crippen molar-refractivity contribution < 1.29 is 0 Å². The highest BCUT2D eigenvalue weighted by molar-refractivity contribution is 9.10. The Labute approximate surface area is 117 Å². The molecule has 0 aliphatic carbocycles. The monoisotopic (exact) mass is 315 g/mol. The number of halogens is 1. The van der Waals surface area contributed by atoms with Gasteiger partial charge in [0, 0.05) is 16.1 Å². The van der Waals surface area contributed by atoms with Gasteiger partial charge in [0.15, 0.2) is 0 Å². The first-order valence-corrected chi connectivity index (χ1v) is 6.58. The molecule has 3 aromatic rings. The molecule has 0 amide bonds. The second kappa shape index (κ2) is 4.93. The van der Waals surface area contributed by atoms with Crippen LogP contribution in [0.4, 0.5) is 0 Å². The van der Waals surface area contributed by atoms with Crippen LogP contribution in [-0.2, 0) is 6.54 Å². The molecule has 5 heteroatoms. The van der Waals surface area contributed by atoms with Gasteiger partial charge >= 0.3 is 0 Å². The van der Waals surface area contributed by atoms with E-state index in [2.05, 4.69) is 26.0 Å². The predicted molar refractivity (Wildman–Crippen MR) is 77.0 cm³/mol. The molecule has 0 aliphatic heterocycles. The van der Waals surface area contributed by atoms with Gasteiger partial charge in [-0.05, 0) is 40.2 Å². The van der Waals surface area contributed by atoms with E-state index in [0.29, 0.717) is 11.9 Å². The second-order valence-corrected chi connectivity index (χ2v) is 5.07. The van der Waals surface area contributed by atoms with Crippen LogP contribution in [0.2, 0.25) is 0 Å². The maximum atomic E-state index is 11.7. The first kappa shape index (κ1) is 12.0. The molecule has 0 saturated heterocycles. The normalized spacial score (nSPS) is 10.8. The molecule has 0 saturated carbocycles. The molecule has 0 N–H and O–H groups in total. The molecule has 94 valence electrons. The van der Waals surface area contributed by atoms with Crippen LogP contribution in [0.1, 0.15) is 5.69 Å². The minimum absolute atomic E-state index is 0.0596. The first-order valence-electron chi connectivity index (χ1n) is 5.79. The largest absolute Gasteiger partial charge is 0.287 e. The Hall–Kier alpha value is -2.01. The first-order chi connectivity index (χ1) is 9.24. The van der Waals surface area contributed by atoms with Crippen LogP contribution >= 0.6 is 15.9 Å². The third kappa shape index (κ3) is 2.42. The van der Waals surface area contributed by atoms with Crippen LogP contribution in [0.25, 0.3) is 10.9 Å². The summed E-state index contributed by atoms with van der Waals surface area (Å²) in [6.45, 7) is 0.536. The van der Waals surface area contributed by atoms with E-state index in [-0.39, 0.29) is 5.43 Å². The van der Waals surface area contributed by atoms with Crippen molar-refractivity contribution in [3.63, 3.8) is 0 Å². The predicted octanol–water partition coefficient (Wildman–Crippen LogP) is 2.60. The molecule has 19 heavy (non-hydrogen) atoms. The van der Waals surface area contributed by atoms with E-state index in [9.17, 15) is 4.79 Å². The lowest BCUT2D eigenvalue weighted by Crippen LogP contribution is -2.13. The molecular weight excluding hydrogens is 306 g/mol. The van der Waals surface area contributed by atoms with E-state index in [1.165, 1.54) is 6.20 Å². The lowest BCUT2D eigenvalue weighted by molar-refractivity contribution is 0.680. The highest BCUT2D eigenvalue weighted by Gasteiger charge is 2.04. The molecule has 2 heterocycles. The fraction of sp³-hybridized carbons (Fsp3) is 0.0714. The minimum Gasteiger partial charge on any atom is -0.287 e. The molecule has 0 fully saturated rings. The average Bonchev–Trinajstić information content (AvgIpc) is 2.45. The Kier molecular flexibility index (Phi) is 3.13. The topological polar surface area (TPSA) is 47.8 Å². The van der Waals surface area contributed by atoms with Crippen molar-refractivity contribution in [3.05, 3.63) is 69.2 Å². The van der Waals surface area contributed by atoms with E-state index < -0.39 is 0 Å². The zero-order valence-electron chi connectivity index (χ0n) is 9.95. The maximum absolute atomic E-state index is 11.7. The quantitative estimate of drug-likeness (QED) is 0.730. The van der Waals surface area contributed by atoms with E-state index >= 15 is 0 Å². The van der Waals surface area contributed by atoms with Gasteiger partial charge < -0.3 is 0 Å². The van der Waals surface area contributed by atoms with Crippen molar-refractivity contribution in [1.82, 2.24) is 14.8 Å². The molecule has 0 aliphatic rings. The fourth-order valence-electron chi connectivity index (χ4n) is 1.94. The van der Waals surface area contributed by atoms with Crippen molar-refractivity contribution in [3.8, 4) is 0 Å². The van der Waals surface area contributed by atoms with Crippen LogP contribution in [0.3, 0.4) is 0 Å². The number of benzene rings is 1. The summed E-state index contributed by atoms with van der Waals surface area (Å²) in [7, 11) is 0. The zero-order valence-corrected chi connectivity index (χ0v) is 11.5. The minimum atomic E-state index is -0.0596. The van der Waals surface area contributed by atoms with Crippen molar-refractivity contribution in [1.29, 1.82) is 0 Å². The SMILES string of the molecule is O=c1cnn(Cc2ccc(Br)cn2)c2ccccc12. The Morgan fingerprint density at radius 2 is 1.95 bits per heavy atom. The summed E-state index contributed by atoms with van der Waals surface area (Å²) in [5.74, 6) is 0. The van der Waals surface area contributed by atoms with Crippen molar-refractivity contribution in [2.45, 2.75) is 6.54 Å². The van der Waals surface area contributed by atoms with Crippen LogP contribution in [-0.4, -0.2) is 14.8 Å². The van der Waals surface area contributed by atoms with Crippen LogP contribution < -0.4 is 5.43 Å². The van der Waals surface area contributed by atoms with Gasteiger partial charge in [-0.15, -0.1) is 0 Å². The lowest BCUT2D eigenvalue weighted by atomic mass is 10.2. The molecule has 0 bridgehead atoms. The number of nitrogens with zero attached hydrogens (tertiary/aromatic N) is 3. The van der Waals surface area contributed by atoms with Crippen LogP contribution in [0, 0.1) is 0 Å². The smallest absolute Gasteiger partial charge is 0.207 e. The molecule has 1 aromatic carbocycles. The van der Waals surface area contributed by atoms with Crippen molar-refractivity contribution in [2.75, 3.05) is 0 Å². The summed E-state index contributed by atoms with van der Waals surface area (Å²) in [4.78, 5) is 16.0. The van der Waals surface area contributed by atoms with Gasteiger partial charge in [0.25, 0.3) is 0 Å². The number of pyridine rings is 1. The highest BCUT2D eigenvalue weighted by Crippen LogP contribution is 2.11. The number of fused-ring (bicyclic) bond motifs is 1. The van der Waals surface area contributed by atoms with Crippen molar-refractivity contribution >= 4 is 26.8 Å². The Balaban J connectivity index is 2.08. The maximum Gasteiger partial charge on any atom is 0.207 e.